The molecule has 0 aromatic carbocycles. The largest absolute Gasteiger partial charge is 0.299 e. The molecule has 4 heteroatoms. The van der Waals surface area contributed by atoms with Gasteiger partial charge in [-0.15, -0.1) is 0 Å². The van der Waals surface area contributed by atoms with Gasteiger partial charge in [-0.2, -0.15) is 0 Å². The van der Waals surface area contributed by atoms with E-state index in [4.69, 9.17) is 0 Å². The molecule has 0 aromatic heterocycles. The lowest BCUT2D eigenvalue weighted by Gasteiger charge is -2.21. The van der Waals surface area contributed by atoms with E-state index in [1.54, 1.807) is 12.1 Å². The molecule has 0 radical (unpaired) electrons. The third-order valence-corrected chi connectivity index (χ3v) is 2.07. The van der Waals surface area contributed by atoms with Gasteiger partial charge in [0.15, 0.2) is 0 Å². The number of amides is 1. The van der Waals surface area contributed by atoms with E-state index in [0.717, 1.165) is 0 Å². The van der Waals surface area contributed by atoms with Crippen LogP contribution in [-0.4, -0.2) is 29.8 Å². The van der Waals surface area contributed by atoms with E-state index in [0.29, 0.717) is 12.3 Å². The van der Waals surface area contributed by atoms with Crippen LogP contribution in [0, 0.1) is 5.92 Å². The predicted molar refractivity (Wildman–Crippen MR) is 60.1 cm³/mol. The number of rotatable bonds is 6. The molecule has 1 amide bonds. The van der Waals surface area contributed by atoms with Crippen molar-refractivity contribution in [1.82, 2.24) is 10.4 Å². The number of hydrazine groups is 1. The lowest BCUT2D eigenvalue weighted by molar-refractivity contribution is -0.131. The van der Waals surface area contributed by atoms with Gasteiger partial charge in [-0.1, -0.05) is 13.8 Å². The average molecular weight is 214 g/mol. The molecule has 0 heterocycles. The minimum Gasteiger partial charge on any atom is -0.299 e. The zero-order chi connectivity index (χ0) is 12.0. The van der Waals surface area contributed by atoms with Crippen molar-refractivity contribution in [3.63, 3.8) is 0 Å². The highest BCUT2D eigenvalue weighted by Gasteiger charge is 2.13. The number of carbonyl (C=O) groups is 2. The van der Waals surface area contributed by atoms with Crippen LogP contribution in [0.5, 0.6) is 0 Å². The fraction of sp³-hybridized carbons (Fsp3) is 0.818. The van der Waals surface area contributed by atoms with Crippen molar-refractivity contribution in [1.29, 1.82) is 0 Å². The minimum absolute atomic E-state index is 0.000318. The molecule has 0 unspecified atom stereocenters. The highest BCUT2D eigenvalue weighted by Crippen LogP contribution is 2.02. The van der Waals surface area contributed by atoms with Crippen LogP contribution < -0.4 is 5.43 Å². The zero-order valence-electron chi connectivity index (χ0n) is 10.3. The number of Topliss-reactive ketones (excluding diaryl/α,β-unsaturated/α-hetero) is 1. The van der Waals surface area contributed by atoms with Crippen LogP contribution in [0.4, 0.5) is 0 Å². The zero-order valence-corrected chi connectivity index (χ0v) is 10.3. The quantitative estimate of drug-likeness (QED) is 0.536. The number of nitrogens with one attached hydrogen (secondary N) is 1. The molecule has 0 aliphatic carbocycles. The van der Waals surface area contributed by atoms with Crippen molar-refractivity contribution in [2.45, 2.75) is 46.6 Å². The van der Waals surface area contributed by atoms with E-state index in [-0.39, 0.29) is 24.2 Å². The molecule has 0 aliphatic rings. The molecule has 0 fully saturated rings. The van der Waals surface area contributed by atoms with E-state index in [2.05, 4.69) is 5.43 Å². The van der Waals surface area contributed by atoms with Crippen LogP contribution in [0.2, 0.25) is 0 Å². The molecule has 0 bridgehead atoms. The summed E-state index contributed by atoms with van der Waals surface area (Å²) in [5, 5.41) is 1.70. The minimum atomic E-state index is -0.225. The summed E-state index contributed by atoms with van der Waals surface area (Å²) in [5.74, 6) is 0.0876. The number of nitrogens with zero attached hydrogens (tertiary/aromatic N) is 1. The second-order valence-electron chi connectivity index (χ2n) is 4.55. The highest BCUT2D eigenvalue weighted by molar-refractivity contribution is 5.97. The number of hydrogen-bond donors (Lipinski definition) is 1. The summed E-state index contributed by atoms with van der Waals surface area (Å²) in [6.45, 7) is 7.87. The summed E-state index contributed by atoms with van der Waals surface area (Å²) in [6.07, 6.45) is 0.452. The Labute approximate surface area is 92.0 Å². The van der Waals surface area contributed by atoms with Gasteiger partial charge >= 0.3 is 0 Å². The second-order valence-corrected chi connectivity index (χ2v) is 4.55. The first-order valence-electron chi connectivity index (χ1n) is 5.37. The first kappa shape index (κ1) is 14.1. The maximum Gasteiger partial charge on any atom is 0.241 e. The van der Waals surface area contributed by atoms with Crippen molar-refractivity contribution < 1.29 is 9.59 Å². The standard InChI is InChI=1S/C11H22N2O2/c1-8(2)6-10(14)7-11(15)12-13(5)9(3)4/h8-9H,6-7H2,1-5H3,(H,12,15). The smallest absolute Gasteiger partial charge is 0.241 e. The summed E-state index contributed by atoms with van der Waals surface area (Å²) in [5.41, 5.74) is 2.66. The molecule has 0 spiro atoms. The van der Waals surface area contributed by atoms with Crippen LogP contribution in [0.25, 0.3) is 0 Å². The van der Waals surface area contributed by atoms with Crippen molar-refractivity contribution in [3.8, 4) is 0 Å². The van der Waals surface area contributed by atoms with Crippen LogP contribution >= 0.6 is 0 Å². The summed E-state index contributed by atoms with van der Waals surface area (Å²) < 4.78 is 0. The van der Waals surface area contributed by atoms with Gasteiger partial charge in [-0.3, -0.25) is 15.0 Å². The lowest BCUT2D eigenvalue weighted by Crippen LogP contribution is -2.44. The molecule has 88 valence electrons. The number of ketones is 1. The normalized spacial score (nSPS) is 11.2. The monoisotopic (exact) mass is 214 g/mol. The number of hydrogen-bond acceptors (Lipinski definition) is 3. The fourth-order valence-electron chi connectivity index (χ4n) is 1.07. The van der Waals surface area contributed by atoms with E-state index < -0.39 is 0 Å². The molecular formula is C11H22N2O2. The van der Waals surface area contributed by atoms with E-state index in [9.17, 15) is 9.59 Å². The first-order chi connectivity index (χ1) is 6.82. The van der Waals surface area contributed by atoms with Crippen molar-refractivity contribution in [2.75, 3.05) is 7.05 Å². The van der Waals surface area contributed by atoms with Gasteiger partial charge < -0.3 is 0 Å². The van der Waals surface area contributed by atoms with E-state index in [1.165, 1.54) is 0 Å². The van der Waals surface area contributed by atoms with Gasteiger partial charge in [-0.25, -0.2) is 5.01 Å². The summed E-state index contributed by atoms with van der Waals surface area (Å²) in [7, 11) is 1.79. The average Bonchev–Trinajstić information content (AvgIpc) is 2.00. The third kappa shape index (κ3) is 7.08. The van der Waals surface area contributed by atoms with Crippen molar-refractivity contribution >= 4 is 11.7 Å². The molecule has 0 aliphatic heterocycles. The van der Waals surface area contributed by atoms with Crippen molar-refractivity contribution in [2.24, 2.45) is 5.92 Å². The van der Waals surface area contributed by atoms with Crippen LogP contribution in [0.1, 0.15) is 40.5 Å². The molecule has 0 aromatic rings. The van der Waals surface area contributed by atoms with Gasteiger partial charge in [-0.05, 0) is 19.8 Å². The van der Waals surface area contributed by atoms with Gasteiger partial charge in [0, 0.05) is 19.5 Å². The SMILES string of the molecule is CC(C)CC(=O)CC(=O)NN(C)C(C)C. The Morgan fingerprint density at radius 3 is 2.13 bits per heavy atom. The first-order valence-corrected chi connectivity index (χ1v) is 5.37. The molecule has 4 nitrogen and oxygen atoms in total. The Balaban J connectivity index is 3.88. The van der Waals surface area contributed by atoms with Crippen LogP contribution in [0.3, 0.4) is 0 Å². The second kappa shape index (κ2) is 6.56. The van der Waals surface area contributed by atoms with Gasteiger partial charge in [0.25, 0.3) is 0 Å². The lowest BCUT2D eigenvalue weighted by atomic mass is 10.1. The molecule has 1 N–H and O–H groups in total. The maximum atomic E-state index is 11.4. The van der Waals surface area contributed by atoms with E-state index >= 15 is 0 Å². The van der Waals surface area contributed by atoms with Gasteiger partial charge in [0.2, 0.25) is 5.91 Å². The van der Waals surface area contributed by atoms with Crippen LogP contribution in [0.15, 0.2) is 0 Å². The topological polar surface area (TPSA) is 49.4 Å². The van der Waals surface area contributed by atoms with E-state index in [1.807, 2.05) is 27.7 Å². The highest BCUT2D eigenvalue weighted by atomic mass is 16.2. The van der Waals surface area contributed by atoms with Crippen LogP contribution in [-0.2, 0) is 9.59 Å². The molecule has 15 heavy (non-hydrogen) atoms. The number of carbonyl (C=O) groups excluding carboxylic acids is 2. The maximum absolute atomic E-state index is 11.4. The molecule has 0 rings (SSSR count). The van der Waals surface area contributed by atoms with Gasteiger partial charge in [0.1, 0.15) is 5.78 Å². The van der Waals surface area contributed by atoms with Crippen molar-refractivity contribution in [3.05, 3.63) is 0 Å². The predicted octanol–water partition coefficient (Wildman–Crippen LogP) is 1.36. The third-order valence-electron chi connectivity index (χ3n) is 2.07. The molecule has 0 atom stereocenters. The fourth-order valence-corrected chi connectivity index (χ4v) is 1.07. The summed E-state index contributed by atoms with van der Waals surface area (Å²) in [4.78, 5) is 22.7. The molecular weight excluding hydrogens is 192 g/mol. The van der Waals surface area contributed by atoms with Gasteiger partial charge in [0.05, 0.1) is 6.42 Å². The molecule has 0 saturated carbocycles. The Morgan fingerprint density at radius 1 is 1.20 bits per heavy atom. The molecule has 0 saturated heterocycles. The summed E-state index contributed by atoms with van der Waals surface area (Å²) in [6, 6.07) is 0.231. The Hall–Kier alpha value is -0.900. The Morgan fingerprint density at radius 2 is 1.73 bits per heavy atom. The summed E-state index contributed by atoms with van der Waals surface area (Å²) >= 11 is 0. The Bertz CT molecular complexity index is 225. The Kier molecular flexibility index (Phi) is 6.17.